The van der Waals surface area contributed by atoms with Gasteiger partial charge in [-0.2, -0.15) is 5.10 Å². The Morgan fingerprint density at radius 3 is 2.59 bits per heavy atom. The maximum absolute atomic E-state index is 13.5. The average Bonchev–Trinajstić information content (AvgIpc) is 3.39. The van der Waals surface area contributed by atoms with E-state index in [1.807, 2.05) is 49.4 Å². The van der Waals surface area contributed by atoms with Crippen LogP contribution in [-0.4, -0.2) is 33.8 Å². The van der Waals surface area contributed by atoms with E-state index in [1.165, 1.54) is 11.1 Å². The Hall–Kier alpha value is -4.06. The van der Waals surface area contributed by atoms with Gasteiger partial charge in [-0.25, -0.2) is 5.01 Å². The first kappa shape index (κ1) is 19.9. The quantitative estimate of drug-likeness (QED) is 0.473. The Balaban J connectivity index is 1.65. The number of carbonyl (C=O) groups excluding carboxylic acids is 1. The van der Waals surface area contributed by atoms with Gasteiger partial charge in [0.25, 0.3) is 5.91 Å². The van der Waals surface area contributed by atoms with E-state index in [0.29, 0.717) is 12.2 Å². The Labute approximate surface area is 185 Å². The average molecular weight is 425 g/mol. The molecule has 160 valence electrons. The Morgan fingerprint density at radius 2 is 1.78 bits per heavy atom. The second kappa shape index (κ2) is 7.89. The van der Waals surface area contributed by atoms with Crippen molar-refractivity contribution in [2.75, 3.05) is 7.11 Å². The minimum Gasteiger partial charge on any atom is -0.507 e. The van der Waals surface area contributed by atoms with E-state index in [2.05, 4.69) is 11.1 Å². The number of aromatic hydroxyl groups is 1. The summed E-state index contributed by atoms with van der Waals surface area (Å²) >= 11 is 0. The minimum atomic E-state index is -0.360. The number of methoxy groups -OCH3 is 1. The predicted octanol–water partition coefficient (Wildman–Crippen LogP) is 5.18. The lowest BCUT2D eigenvalue weighted by molar-refractivity contribution is 0.0706. The van der Waals surface area contributed by atoms with Crippen LogP contribution in [0.15, 0.2) is 77.9 Å². The minimum absolute atomic E-state index is 0.0665. The lowest BCUT2D eigenvalue weighted by atomic mass is 9.96. The summed E-state index contributed by atoms with van der Waals surface area (Å²) in [6, 6.07) is 21.9. The fraction of sp³-hybridized carbons (Fsp3) is 0.154. The van der Waals surface area contributed by atoms with Gasteiger partial charge in [-0.1, -0.05) is 48.5 Å². The van der Waals surface area contributed by atoms with Gasteiger partial charge in [0.2, 0.25) is 0 Å². The van der Waals surface area contributed by atoms with Gasteiger partial charge in [-0.05, 0) is 31.2 Å². The molecule has 0 saturated carbocycles. The van der Waals surface area contributed by atoms with Gasteiger partial charge in [0.15, 0.2) is 0 Å². The normalized spacial score (nSPS) is 15.8. The maximum Gasteiger partial charge on any atom is 0.278 e. The molecule has 1 aliphatic heterocycles. The molecule has 1 unspecified atom stereocenters. The molecule has 1 amide bonds. The highest BCUT2D eigenvalue weighted by Crippen LogP contribution is 2.40. The number of hydrogen-bond donors (Lipinski definition) is 2. The third-order valence-corrected chi connectivity index (χ3v) is 5.93. The molecule has 2 N–H and O–H groups in total. The molecule has 4 aromatic rings. The number of phenolic OH excluding ortho intramolecular Hbond substituents is 1. The van der Waals surface area contributed by atoms with Crippen LogP contribution in [0.4, 0.5) is 0 Å². The number of aromatic nitrogens is 1. The van der Waals surface area contributed by atoms with Gasteiger partial charge in [0.1, 0.15) is 11.5 Å². The summed E-state index contributed by atoms with van der Waals surface area (Å²) in [4.78, 5) is 16.9. The van der Waals surface area contributed by atoms with Gasteiger partial charge < -0.3 is 14.8 Å². The zero-order chi connectivity index (χ0) is 22.2. The zero-order valence-corrected chi connectivity index (χ0v) is 17.9. The molecule has 0 radical (unpaired) electrons. The first-order chi connectivity index (χ1) is 15.6. The maximum atomic E-state index is 13.5. The molecule has 1 atom stereocenters. The second-order valence-electron chi connectivity index (χ2n) is 7.85. The van der Waals surface area contributed by atoms with Crippen LogP contribution in [0, 0.1) is 6.92 Å². The van der Waals surface area contributed by atoms with Crippen LogP contribution in [0.5, 0.6) is 11.5 Å². The van der Waals surface area contributed by atoms with Crippen molar-refractivity contribution in [1.29, 1.82) is 0 Å². The summed E-state index contributed by atoms with van der Waals surface area (Å²) in [7, 11) is 1.62. The molecule has 1 aromatic heterocycles. The smallest absolute Gasteiger partial charge is 0.278 e. The molecule has 5 rings (SSSR count). The van der Waals surface area contributed by atoms with E-state index in [0.717, 1.165) is 33.4 Å². The second-order valence-corrected chi connectivity index (χ2v) is 7.85. The SMILES string of the molecule is COc1ccccc1C1CC(c2c(C)[nH]c3ccccc23)=NN1C(=O)c1ccccc1O. The van der Waals surface area contributed by atoms with Crippen LogP contribution in [0.3, 0.4) is 0 Å². The first-order valence-electron chi connectivity index (χ1n) is 10.5. The highest BCUT2D eigenvalue weighted by Gasteiger charge is 2.37. The number of phenols is 1. The number of aromatic amines is 1. The number of carbonyl (C=O) groups is 1. The van der Waals surface area contributed by atoms with Gasteiger partial charge in [0, 0.05) is 34.1 Å². The molecule has 0 spiro atoms. The number of nitrogens with zero attached hydrogens (tertiary/aromatic N) is 2. The summed E-state index contributed by atoms with van der Waals surface area (Å²) in [6.45, 7) is 2.02. The predicted molar refractivity (Wildman–Crippen MR) is 124 cm³/mol. The van der Waals surface area contributed by atoms with Crippen molar-refractivity contribution in [1.82, 2.24) is 9.99 Å². The highest BCUT2D eigenvalue weighted by molar-refractivity contribution is 6.14. The van der Waals surface area contributed by atoms with Gasteiger partial charge in [-0.15, -0.1) is 0 Å². The number of fused-ring (bicyclic) bond motifs is 1. The summed E-state index contributed by atoms with van der Waals surface area (Å²) < 4.78 is 5.59. The third kappa shape index (κ3) is 3.21. The molecule has 0 saturated heterocycles. The molecule has 2 heterocycles. The first-order valence-corrected chi connectivity index (χ1v) is 10.5. The van der Waals surface area contributed by atoms with E-state index in [-0.39, 0.29) is 23.3 Å². The van der Waals surface area contributed by atoms with Gasteiger partial charge in [-0.3, -0.25) is 4.79 Å². The van der Waals surface area contributed by atoms with Crippen molar-refractivity contribution < 1.29 is 14.6 Å². The molecular weight excluding hydrogens is 402 g/mol. The molecule has 6 heteroatoms. The number of rotatable bonds is 4. The number of hydrogen-bond acceptors (Lipinski definition) is 4. The van der Waals surface area contributed by atoms with Crippen molar-refractivity contribution in [3.05, 3.63) is 95.2 Å². The van der Waals surface area contributed by atoms with Crippen molar-refractivity contribution in [2.45, 2.75) is 19.4 Å². The van der Waals surface area contributed by atoms with Crippen molar-refractivity contribution in [2.24, 2.45) is 5.10 Å². The molecule has 1 aliphatic rings. The number of benzene rings is 3. The summed E-state index contributed by atoms with van der Waals surface area (Å²) in [6.07, 6.45) is 0.530. The van der Waals surface area contributed by atoms with Crippen LogP contribution in [0.25, 0.3) is 10.9 Å². The molecule has 3 aromatic carbocycles. The van der Waals surface area contributed by atoms with E-state index in [4.69, 9.17) is 9.84 Å². The fourth-order valence-corrected chi connectivity index (χ4v) is 4.46. The van der Waals surface area contributed by atoms with Gasteiger partial charge >= 0.3 is 0 Å². The Bertz CT molecular complexity index is 1360. The number of amides is 1. The standard InChI is InChI=1S/C26H23N3O3/c1-16-25(17-9-3-6-12-20(17)27-16)21-15-22(18-10-5-8-14-24(18)32-2)29(28-21)26(31)19-11-4-7-13-23(19)30/h3-14,22,27,30H,15H2,1-2H3. The zero-order valence-electron chi connectivity index (χ0n) is 17.9. The number of para-hydroxylation sites is 3. The molecular formula is C26H23N3O3. The molecule has 0 bridgehead atoms. The van der Waals surface area contributed by atoms with Crippen molar-refractivity contribution in [3.8, 4) is 11.5 Å². The number of aryl methyl sites for hydroxylation is 1. The van der Waals surface area contributed by atoms with E-state index < -0.39 is 0 Å². The van der Waals surface area contributed by atoms with E-state index in [1.54, 1.807) is 25.3 Å². The van der Waals surface area contributed by atoms with Crippen LogP contribution >= 0.6 is 0 Å². The summed E-state index contributed by atoms with van der Waals surface area (Å²) in [5, 5.41) is 17.7. The van der Waals surface area contributed by atoms with Crippen molar-refractivity contribution >= 4 is 22.5 Å². The molecule has 6 nitrogen and oxygen atoms in total. The molecule has 0 aliphatic carbocycles. The van der Waals surface area contributed by atoms with Crippen LogP contribution in [0.2, 0.25) is 0 Å². The van der Waals surface area contributed by atoms with Crippen LogP contribution < -0.4 is 4.74 Å². The highest BCUT2D eigenvalue weighted by atomic mass is 16.5. The number of nitrogens with one attached hydrogen (secondary N) is 1. The number of H-pyrrole nitrogens is 1. The van der Waals surface area contributed by atoms with Crippen LogP contribution in [0.1, 0.15) is 39.6 Å². The Kier molecular flexibility index (Phi) is 4.90. The summed E-state index contributed by atoms with van der Waals surface area (Å²) in [5.41, 5.74) is 4.94. The van der Waals surface area contributed by atoms with E-state index >= 15 is 0 Å². The van der Waals surface area contributed by atoms with Crippen LogP contribution in [-0.2, 0) is 0 Å². The largest absolute Gasteiger partial charge is 0.507 e. The number of ether oxygens (including phenoxy) is 1. The lowest BCUT2D eigenvalue weighted by Crippen LogP contribution is -2.27. The molecule has 0 fully saturated rings. The fourth-order valence-electron chi connectivity index (χ4n) is 4.46. The molecule has 32 heavy (non-hydrogen) atoms. The van der Waals surface area contributed by atoms with Gasteiger partial charge in [0.05, 0.1) is 24.4 Å². The van der Waals surface area contributed by atoms with E-state index in [9.17, 15) is 9.90 Å². The van der Waals surface area contributed by atoms with Crippen molar-refractivity contribution in [3.63, 3.8) is 0 Å². The third-order valence-electron chi connectivity index (χ3n) is 5.93. The number of hydrazone groups is 1. The Morgan fingerprint density at radius 1 is 1.06 bits per heavy atom. The summed E-state index contributed by atoms with van der Waals surface area (Å²) in [5.74, 6) is 0.273. The topological polar surface area (TPSA) is 77.9 Å². The lowest BCUT2D eigenvalue weighted by Gasteiger charge is -2.24. The monoisotopic (exact) mass is 425 g/mol.